The predicted molar refractivity (Wildman–Crippen MR) is 97.3 cm³/mol. The highest BCUT2D eigenvalue weighted by Gasteiger charge is 2.11. The molecule has 0 saturated carbocycles. The van der Waals surface area contributed by atoms with Crippen LogP contribution in [0.5, 0.6) is 5.75 Å². The minimum absolute atomic E-state index is 0.238. The molecule has 0 amide bonds. The van der Waals surface area contributed by atoms with E-state index in [0.29, 0.717) is 6.54 Å². The molecule has 0 unspecified atom stereocenters. The molecule has 0 spiro atoms. The fourth-order valence-corrected chi connectivity index (χ4v) is 2.66. The average Bonchev–Trinajstić information content (AvgIpc) is 2.60. The summed E-state index contributed by atoms with van der Waals surface area (Å²) >= 11 is 0. The van der Waals surface area contributed by atoms with Crippen molar-refractivity contribution in [2.24, 2.45) is 0 Å². The monoisotopic (exact) mass is 322 g/mol. The molecule has 0 aliphatic heterocycles. The topological polar surface area (TPSA) is 54.4 Å². The number of nitrogens with zero attached hydrogens (tertiary/aromatic N) is 1. The van der Waals surface area contributed by atoms with Crippen molar-refractivity contribution in [3.8, 4) is 17.0 Å². The van der Waals surface area contributed by atoms with Gasteiger partial charge in [-0.2, -0.15) is 0 Å². The van der Waals surface area contributed by atoms with Gasteiger partial charge in [0.25, 0.3) is 0 Å². The zero-order chi connectivity index (χ0) is 16.9. The number of aryl methyl sites for hydroxylation is 1. The number of hydrogen-bond acceptors (Lipinski definition) is 4. The van der Waals surface area contributed by atoms with Gasteiger partial charge in [-0.3, -0.25) is 0 Å². The van der Waals surface area contributed by atoms with Crippen molar-refractivity contribution in [1.82, 2.24) is 10.3 Å². The second kappa shape index (κ2) is 7.43. The van der Waals surface area contributed by atoms with Gasteiger partial charge in [0.2, 0.25) is 0 Å². The summed E-state index contributed by atoms with van der Waals surface area (Å²) in [5.41, 5.74) is 3.96. The molecule has 1 atom stereocenters. The first-order valence-electron chi connectivity index (χ1n) is 8.09. The van der Waals surface area contributed by atoms with Crippen LogP contribution < -0.4 is 10.1 Å². The largest absolute Gasteiger partial charge is 0.490 e. The molecule has 124 valence electrons. The van der Waals surface area contributed by atoms with E-state index in [9.17, 15) is 5.11 Å². The molecule has 1 heterocycles. The second-order valence-corrected chi connectivity index (χ2v) is 5.91. The van der Waals surface area contributed by atoms with Crippen LogP contribution in [-0.4, -0.2) is 36.4 Å². The van der Waals surface area contributed by atoms with Crippen molar-refractivity contribution in [2.75, 3.05) is 20.2 Å². The van der Waals surface area contributed by atoms with Crippen LogP contribution in [0.2, 0.25) is 0 Å². The van der Waals surface area contributed by atoms with E-state index in [0.717, 1.165) is 33.5 Å². The summed E-state index contributed by atoms with van der Waals surface area (Å²) in [6.07, 6.45) is -0.552. The Labute approximate surface area is 142 Å². The quantitative estimate of drug-likeness (QED) is 0.732. The van der Waals surface area contributed by atoms with Gasteiger partial charge < -0.3 is 15.2 Å². The summed E-state index contributed by atoms with van der Waals surface area (Å²) in [5, 5.41) is 13.8. The molecule has 0 bridgehead atoms. The van der Waals surface area contributed by atoms with Gasteiger partial charge in [0.1, 0.15) is 18.5 Å². The van der Waals surface area contributed by atoms with Crippen LogP contribution in [0.4, 0.5) is 0 Å². The lowest BCUT2D eigenvalue weighted by atomic mass is 10.1. The molecule has 0 saturated heterocycles. The number of hydrogen-bond donors (Lipinski definition) is 2. The molecule has 4 nitrogen and oxygen atoms in total. The number of likely N-dealkylation sites (N-methyl/N-ethyl adjacent to an activating group) is 1. The second-order valence-electron chi connectivity index (χ2n) is 5.91. The lowest BCUT2D eigenvalue weighted by Gasteiger charge is -2.15. The highest BCUT2D eigenvalue weighted by molar-refractivity contribution is 5.88. The van der Waals surface area contributed by atoms with Crippen molar-refractivity contribution >= 4 is 10.9 Å². The molecule has 0 aliphatic rings. The van der Waals surface area contributed by atoms with Crippen molar-refractivity contribution in [3.05, 3.63) is 60.2 Å². The van der Waals surface area contributed by atoms with Gasteiger partial charge in [-0.15, -0.1) is 0 Å². The zero-order valence-corrected chi connectivity index (χ0v) is 14.0. The van der Waals surface area contributed by atoms with E-state index in [1.54, 1.807) is 7.05 Å². The highest BCUT2D eigenvalue weighted by Crippen LogP contribution is 2.30. The Morgan fingerprint density at radius 3 is 2.67 bits per heavy atom. The lowest BCUT2D eigenvalue weighted by molar-refractivity contribution is 0.109. The summed E-state index contributed by atoms with van der Waals surface area (Å²) in [7, 11) is 1.81. The first-order valence-corrected chi connectivity index (χ1v) is 8.09. The molecule has 2 N–H and O–H groups in total. The SMILES string of the molecule is CNC[C@H](O)COc1cc(-c2ccccc2)nc2cc(C)ccc12. The van der Waals surface area contributed by atoms with Crippen molar-refractivity contribution < 1.29 is 9.84 Å². The summed E-state index contributed by atoms with van der Waals surface area (Å²) in [4.78, 5) is 4.78. The Hall–Kier alpha value is -2.43. The summed E-state index contributed by atoms with van der Waals surface area (Å²) in [6, 6.07) is 18.1. The molecule has 0 aliphatic carbocycles. The maximum Gasteiger partial charge on any atom is 0.131 e. The van der Waals surface area contributed by atoms with E-state index in [4.69, 9.17) is 9.72 Å². The molecule has 1 aromatic heterocycles. The molecular formula is C20H22N2O2. The first-order chi connectivity index (χ1) is 11.7. The van der Waals surface area contributed by atoms with Crippen molar-refractivity contribution in [3.63, 3.8) is 0 Å². The number of rotatable bonds is 6. The number of nitrogens with one attached hydrogen (secondary N) is 1. The third-order valence-electron chi connectivity index (χ3n) is 3.87. The Morgan fingerprint density at radius 2 is 1.92 bits per heavy atom. The van der Waals surface area contributed by atoms with Crippen LogP contribution in [0, 0.1) is 6.92 Å². The summed E-state index contributed by atoms with van der Waals surface area (Å²) in [5.74, 6) is 0.744. The fraction of sp³-hybridized carbons (Fsp3) is 0.250. The standard InChI is InChI=1S/C20H22N2O2/c1-14-8-9-17-19(10-14)22-18(15-6-4-3-5-7-15)11-20(17)24-13-16(23)12-21-2/h3-11,16,21,23H,12-13H2,1-2H3/t16-/m0/s1. The van der Waals surface area contributed by atoms with E-state index < -0.39 is 6.10 Å². The molecule has 3 rings (SSSR count). The number of pyridine rings is 1. The van der Waals surface area contributed by atoms with E-state index >= 15 is 0 Å². The molecule has 24 heavy (non-hydrogen) atoms. The fourth-order valence-electron chi connectivity index (χ4n) is 2.66. The van der Waals surface area contributed by atoms with Gasteiger partial charge in [-0.25, -0.2) is 4.98 Å². The van der Waals surface area contributed by atoms with Gasteiger partial charge in [-0.05, 0) is 31.7 Å². The first kappa shape index (κ1) is 16.4. The molecular weight excluding hydrogens is 300 g/mol. The van der Waals surface area contributed by atoms with E-state index in [2.05, 4.69) is 11.4 Å². The van der Waals surface area contributed by atoms with E-state index in [-0.39, 0.29) is 6.61 Å². The zero-order valence-electron chi connectivity index (χ0n) is 14.0. The van der Waals surface area contributed by atoms with Gasteiger partial charge in [0.05, 0.1) is 11.2 Å². The molecule has 0 fully saturated rings. The van der Waals surface area contributed by atoms with Gasteiger partial charge in [0.15, 0.2) is 0 Å². The Bertz CT molecular complexity index is 818. The maximum atomic E-state index is 9.91. The summed E-state index contributed by atoms with van der Waals surface area (Å²) < 4.78 is 5.91. The van der Waals surface area contributed by atoms with Crippen LogP contribution in [0.3, 0.4) is 0 Å². The van der Waals surface area contributed by atoms with Crippen LogP contribution in [0.15, 0.2) is 54.6 Å². The smallest absolute Gasteiger partial charge is 0.131 e. The van der Waals surface area contributed by atoms with Crippen molar-refractivity contribution in [2.45, 2.75) is 13.0 Å². The normalized spacial score (nSPS) is 12.3. The highest BCUT2D eigenvalue weighted by atomic mass is 16.5. The molecule has 0 radical (unpaired) electrons. The third-order valence-corrected chi connectivity index (χ3v) is 3.87. The molecule has 4 heteroatoms. The van der Waals surface area contributed by atoms with E-state index in [1.165, 1.54) is 0 Å². The number of aliphatic hydroxyl groups is 1. The number of fused-ring (bicyclic) bond motifs is 1. The molecule has 3 aromatic rings. The van der Waals surface area contributed by atoms with Gasteiger partial charge in [-0.1, -0.05) is 36.4 Å². The number of aromatic nitrogens is 1. The number of aliphatic hydroxyl groups excluding tert-OH is 1. The van der Waals surface area contributed by atoms with Crippen molar-refractivity contribution in [1.29, 1.82) is 0 Å². The Balaban J connectivity index is 2.02. The number of benzene rings is 2. The third kappa shape index (κ3) is 3.72. The number of ether oxygens (including phenoxy) is 1. The van der Waals surface area contributed by atoms with Crippen LogP contribution in [0.1, 0.15) is 5.56 Å². The van der Waals surface area contributed by atoms with Gasteiger partial charge in [0, 0.05) is 23.6 Å². The minimum Gasteiger partial charge on any atom is -0.490 e. The molecule has 2 aromatic carbocycles. The van der Waals surface area contributed by atoms with Crippen LogP contribution in [-0.2, 0) is 0 Å². The lowest BCUT2D eigenvalue weighted by Crippen LogP contribution is -2.29. The van der Waals surface area contributed by atoms with Crippen LogP contribution >= 0.6 is 0 Å². The maximum absolute atomic E-state index is 9.91. The van der Waals surface area contributed by atoms with Gasteiger partial charge >= 0.3 is 0 Å². The van der Waals surface area contributed by atoms with E-state index in [1.807, 2.05) is 55.5 Å². The average molecular weight is 322 g/mol. The Morgan fingerprint density at radius 1 is 1.12 bits per heavy atom. The summed E-state index contributed by atoms with van der Waals surface area (Å²) in [6.45, 7) is 2.78. The predicted octanol–water partition coefficient (Wildman–Crippen LogP) is 3.17. The van der Waals surface area contributed by atoms with Crippen LogP contribution in [0.25, 0.3) is 22.2 Å². The minimum atomic E-state index is -0.552. The Kier molecular flexibility index (Phi) is 5.08.